The molecule has 2 heterocycles. The maximum atomic E-state index is 12.2. The molecule has 0 aliphatic carbocycles. The van der Waals surface area contributed by atoms with Crippen LogP contribution in [0, 0.1) is 0 Å². The van der Waals surface area contributed by atoms with E-state index < -0.39 is 0 Å². The molecular weight excluding hydrogens is 252 g/mol. The Balaban J connectivity index is 2.33. The van der Waals surface area contributed by atoms with Crippen molar-refractivity contribution in [2.45, 2.75) is 32.6 Å². The lowest BCUT2D eigenvalue weighted by Gasteiger charge is -2.20. The number of rotatable bonds is 1. The second kappa shape index (κ2) is 4.86. The summed E-state index contributed by atoms with van der Waals surface area (Å²) < 4.78 is 0. The van der Waals surface area contributed by atoms with Crippen LogP contribution in [0.3, 0.4) is 0 Å². The van der Waals surface area contributed by atoms with E-state index in [4.69, 9.17) is 16.4 Å². The maximum Gasteiger partial charge on any atom is 0.277 e. The predicted octanol–water partition coefficient (Wildman–Crippen LogP) is 2.81. The molecule has 4 nitrogen and oxygen atoms in total. The molecule has 1 aliphatic heterocycles. The summed E-state index contributed by atoms with van der Waals surface area (Å²) in [4.78, 5) is 21.7. The molecule has 0 saturated carbocycles. The minimum atomic E-state index is -0.151. The van der Waals surface area contributed by atoms with Gasteiger partial charge >= 0.3 is 0 Å². The molecule has 2 rings (SSSR count). The first-order valence-corrected chi connectivity index (χ1v) is 6.38. The van der Waals surface area contributed by atoms with Crippen molar-refractivity contribution in [3.8, 4) is 0 Å². The zero-order valence-electron chi connectivity index (χ0n) is 10.9. The van der Waals surface area contributed by atoms with Gasteiger partial charge in [0.05, 0.1) is 13.2 Å². The van der Waals surface area contributed by atoms with E-state index in [1.54, 1.807) is 12.1 Å². The Labute approximate surface area is 112 Å². The van der Waals surface area contributed by atoms with Crippen LogP contribution in [-0.2, 0) is 10.3 Å². The van der Waals surface area contributed by atoms with Crippen LogP contribution in [0.2, 0.25) is 5.15 Å². The van der Waals surface area contributed by atoms with Crippen molar-refractivity contribution < 1.29 is 9.63 Å². The fourth-order valence-electron chi connectivity index (χ4n) is 1.76. The normalized spacial score (nSPS) is 16.1. The molecule has 1 aromatic heterocycles. The van der Waals surface area contributed by atoms with E-state index in [2.05, 4.69) is 4.98 Å². The van der Waals surface area contributed by atoms with Gasteiger partial charge in [-0.05, 0) is 18.6 Å². The SMILES string of the molecule is CC(C)(C)c1cc(C(=O)N2CCCO2)cc(Cl)n1. The quantitative estimate of drug-likeness (QED) is 0.736. The summed E-state index contributed by atoms with van der Waals surface area (Å²) in [7, 11) is 0. The molecule has 0 N–H and O–H groups in total. The fraction of sp³-hybridized carbons (Fsp3) is 0.538. The summed E-state index contributed by atoms with van der Waals surface area (Å²) in [5.41, 5.74) is 1.19. The summed E-state index contributed by atoms with van der Waals surface area (Å²) in [6.07, 6.45) is 0.872. The molecule has 5 heteroatoms. The second-order valence-corrected chi connectivity index (χ2v) is 5.80. The molecule has 1 aromatic rings. The number of halogens is 1. The Hall–Kier alpha value is -1.13. The molecule has 0 atom stereocenters. The lowest BCUT2D eigenvalue weighted by molar-refractivity contribution is -0.0768. The molecule has 0 radical (unpaired) electrons. The number of carbonyl (C=O) groups is 1. The number of nitrogens with zero attached hydrogens (tertiary/aromatic N) is 2. The molecule has 0 aromatic carbocycles. The number of pyridine rings is 1. The molecule has 0 bridgehead atoms. The van der Waals surface area contributed by atoms with Crippen LogP contribution < -0.4 is 0 Å². The highest BCUT2D eigenvalue weighted by molar-refractivity contribution is 6.29. The van der Waals surface area contributed by atoms with Gasteiger partial charge < -0.3 is 0 Å². The molecule has 1 amide bonds. The third-order valence-electron chi connectivity index (χ3n) is 2.79. The van der Waals surface area contributed by atoms with Crippen molar-refractivity contribution in [1.82, 2.24) is 10.0 Å². The van der Waals surface area contributed by atoms with Gasteiger partial charge in [0.25, 0.3) is 5.91 Å². The van der Waals surface area contributed by atoms with Gasteiger partial charge in [-0.3, -0.25) is 9.63 Å². The maximum absolute atomic E-state index is 12.2. The number of hydrogen-bond donors (Lipinski definition) is 0. The lowest BCUT2D eigenvalue weighted by atomic mass is 9.91. The van der Waals surface area contributed by atoms with E-state index in [1.165, 1.54) is 5.06 Å². The Morgan fingerprint density at radius 1 is 1.44 bits per heavy atom. The van der Waals surface area contributed by atoms with Crippen LogP contribution in [0.4, 0.5) is 0 Å². The van der Waals surface area contributed by atoms with E-state index in [-0.39, 0.29) is 11.3 Å². The summed E-state index contributed by atoms with van der Waals surface area (Å²) in [5.74, 6) is -0.151. The topological polar surface area (TPSA) is 42.4 Å². The monoisotopic (exact) mass is 268 g/mol. The number of amides is 1. The number of aromatic nitrogens is 1. The van der Waals surface area contributed by atoms with Crippen molar-refractivity contribution in [3.05, 3.63) is 28.5 Å². The number of hydrogen-bond acceptors (Lipinski definition) is 3. The summed E-state index contributed by atoms with van der Waals surface area (Å²) >= 11 is 5.98. The highest BCUT2D eigenvalue weighted by Gasteiger charge is 2.24. The molecule has 0 unspecified atom stereocenters. The number of hydroxylamine groups is 2. The van der Waals surface area contributed by atoms with Gasteiger partial charge in [0.1, 0.15) is 5.15 Å². The number of carbonyl (C=O) groups excluding carboxylic acids is 1. The van der Waals surface area contributed by atoms with Gasteiger partial charge in [-0.1, -0.05) is 32.4 Å². The summed E-state index contributed by atoms with van der Waals surface area (Å²) in [6, 6.07) is 3.37. The van der Waals surface area contributed by atoms with Crippen LogP contribution >= 0.6 is 11.6 Å². The first-order chi connectivity index (χ1) is 8.38. The molecule has 98 valence electrons. The third-order valence-corrected chi connectivity index (χ3v) is 2.98. The predicted molar refractivity (Wildman–Crippen MR) is 69.6 cm³/mol. The van der Waals surface area contributed by atoms with Crippen LogP contribution in [0.5, 0.6) is 0 Å². The average Bonchev–Trinajstić information content (AvgIpc) is 2.79. The van der Waals surface area contributed by atoms with Crippen LogP contribution in [-0.4, -0.2) is 29.1 Å². The molecule has 1 fully saturated rings. The van der Waals surface area contributed by atoms with E-state index in [0.29, 0.717) is 23.9 Å². The molecule has 1 aliphatic rings. The average molecular weight is 269 g/mol. The molecule has 18 heavy (non-hydrogen) atoms. The fourth-order valence-corrected chi connectivity index (χ4v) is 1.96. The van der Waals surface area contributed by atoms with Crippen molar-refractivity contribution >= 4 is 17.5 Å². The van der Waals surface area contributed by atoms with Gasteiger partial charge in [0.15, 0.2) is 0 Å². The molecule has 1 saturated heterocycles. The standard InChI is InChI=1S/C13H17ClN2O2/c1-13(2,3)10-7-9(8-11(14)15-10)12(17)16-5-4-6-18-16/h7-8H,4-6H2,1-3H3. The lowest BCUT2D eigenvalue weighted by Crippen LogP contribution is -2.27. The van der Waals surface area contributed by atoms with E-state index in [0.717, 1.165) is 12.1 Å². The van der Waals surface area contributed by atoms with Gasteiger partial charge in [0, 0.05) is 16.7 Å². The Morgan fingerprint density at radius 2 is 2.17 bits per heavy atom. The Morgan fingerprint density at radius 3 is 2.72 bits per heavy atom. The first kappa shape index (κ1) is 13.3. The van der Waals surface area contributed by atoms with Gasteiger partial charge in [-0.25, -0.2) is 10.0 Å². The van der Waals surface area contributed by atoms with Crippen LogP contribution in [0.1, 0.15) is 43.2 Å². The molecule has 0 spiro atoms. The highest BCUT2D eigenvalue weighted by Crippen LogP contribution is 2.24. The summed E-state index contributed by atoms with van der Waals surface area (Å²) in [6.45, 7) is 7.32. The van der Waals surface area contributed by atoms with E-state index in [9.17, 15) is 4.79 Å². The van der Waals surface area contributed by atoms with Crippen molar-refractivity contribution in [1.29, 1.82) is 0 Å². The van der Waals surface area contributed by atoms with Gasteiger partial charge in [-0.15, -0.1) is 0 Å². The zero-order valence-corrected chi connectivity index (χ0v) is 11.6. The van der Waals surface area contributed by atoms with E-state index in [1.807, 2.05) is 20.8 Å². The van der Waals surface area contributed by atoms with Crippen LogP contribution in [0.15, 0.2) is 12.1 Å². The third kappa shape index (κ3) is 2.82. The summed E-state index contributed by atoms with van der Waals surface area (Å²) in [5, 5.41) is 1.72. The van der Waals surface area contributed by atoms with Crippen molar-refractivity contribution in [2.24, 2.45) is 0 Å². The Kier molecular flexibility index (Phi) is 3.59. The minimum absolute atomic E-state index is 0.147. The largest absolute Gasteiger partial charge is 0.277 e. The Bertz CT molecular complexity index is 463. The first-order valence-electron chi connectivity index (χ1n) is 6.01. The highest BCUT2D eigenvalue weighted by atomic mass is 35.5. The smallest absolute Gasteiger partial charge is 0.271 e. The van der Waals surface area contributed by atoms with Gasteiger partial charge in [-0.2, -0.15) is 0 Å². The molecular formula is C13H17ClN2O2. The van der Waals surface area contributed by atoms with Crippen molar-refractivity contribution in [3.63, 3.8) is 0 Å². The minimum Gasteiger partial charge on any atom is -0.271 e. The van der Waals surface area contributed by atoms with E-state index >= 15 is 0 Å². The van der Waals surface area contributed by atoms with Crippen molar-refractivity contribution in [2.75, 3.05) is 13.2 Å². The second-order valence-electron chi connectivity index (χ2n) is 5.41. The van der Waals surface area contributed by atoms with Crippen LogP contribution in [0.25, 0.3) is 0 Å². The zero-order chi connectivity index (χ0) is 13.3. The van der Waals surface area contributed by atoms with Gasteiger partial charge in [0.2, 0.25) is 0 Å².